The van der Waals surface area contributed by atoms with E-state index >= 15 is 0 Å². The highest BCUT2D eigenvalue weighted by molar-refractivity contribution is 8.00. The molecule has 0 aromatic heterocycles. The van der Waals surface area contributed by atoms with Crippen molar-refractivity contribution in [2.24, 2.45) is 0 Å². The van der Waals surface area contributed by atoms with E-state index in [2.05, 4.69) is 5.32 Å². The smallest absolute Gasteiger partial charge is 0.187 e. The van der Waals surface area contributed by atoms with Gasteiger partial charge in [0.15, 0.2) is 5.78 Å². The van der Waals surface area contributed by atoms with Gasteiger partial charge in [-0.25, -0.2) is 4.39 Å². The average Bonchev–Trinajstić information content (AvgIpc) is 2.46. The molecule has 3 rings (SSSR count). The zero-order valence-electron chi connectivity index (χ0n) is 12.4. The Morgan fingerprint density at radius 3 is 2.64 bits per heavy atom. The predicted molar refractivity (Wildman–Crippen MR) is 88.2 cm³/mol. The van der Waals surface area contributed by atoms with Crippen LogP contribution in [0, 0.1) is 5.82 Å². The van der Waals surface area contributed by atoms with Gasteiger partial charge in [-0.15, -0.1) is 0 Å². The molecule has 1 heterocycles. The normalized spacial score (nSPS) is 17.7. The number of thioether (sulfide) groups is 1. The molecule has 0 unspecified atom stereocenters. The largest absolute Gasteiger partial charge is 0.370 e. The first-order chi connectivity index (χ1) is 10.4. The van der Waals surface area contributed by atoms with Crippen LogP contribution in [0.5, 0.6) is 0 Å². The second kappa shape index (κ2) is 5.61. The van der Waals surface area contributed by atoms with E-state index in [0.717, 1.165) is 16.2 Å². The van der Waals surface area contributed by atoms with Crippen LogP contribution in [0.15, 0.2) is 59.5 Å². The fourth-order valence-corrected chi connectivity index (χ4v) is 3.60. The van der Waals surface area contributed by atoms with E-state index in [9.17, 15) is 9.18 Å². The number of hydrogen-bond acceptors (Lipinski definition) is 3. The number of carbonyl (C=O) groups excluding carboxylic acids is 1. The number of fused-ring (bicyclic) bond motifs is 1. The zero-order valence-corrected chi connectivity index (χ0v) is 13.2. The molecule has 112 valence electrons. The Morgan fingerprint density at radius 2 is 1.91 bits per heavy atom. The van der Waals surface area contributed by atoms with Crippen LogP contribution >= 0.6 is 11.8 Å². The lowest BCUT2D eigenvalue weighted by molar-refractivity contribution is 0.104. The van der Waals surface area contributed by atoms with E-state index in [4.69, 9.17) is 0 Å². The molecule has 0 saturated heterocycles. The summed E-state index contributed by atoms with van der Waals surface area (Å²) in [6, 6.07) is 13.8. The Labute approximate surface area is 133 Å². The topological polar surface area (TPSA) is 29.1 Å². The fourth-order valence-electron chi connectivity index (χ4n) is 2.43. The molecule has 1 aliphatic rings. The Balaban J connectivity index is 2.03. The van der Waals surface area contributed by atoms with Crippen molar-refractivity contribution in [2.75, 3.05) is 0 Å². The number of nitrogens with one attached hydrogen (secondary N) is 1. The first-order valence-corrected chi connectivity index (χ1v) is 7.84. The van der Waals surface area contributed by atoms with Crippen molar-refractivity contribution in [3.8, 4) is 0 Å². The van der Waals surface area contributed by atoms with Crippen LogP contribution in [0.25, 0.3) is 5.70 Å². The van der Waals surface area contributed by atoms with Crippen molar-refractivity contribution in [1.82, 2.24) is 5.32 Å². The molecule has 0 aliphatic carbocycles. The molecule has 0 radical (unpaired) electrons. The number of halogens is 1. The number of allylic oxidation sites excluding steroid dienone is 1. The fraction of sp³-hybridized carbons (Fsp3) is 0.167. The summed E-state index contributed by atoms with van der Waals surface area (Å²) in [5.41, 5.74) is 2.22. The van der Waals surface area contributed by atoms with Gasteiger partial charge in [0.2, 0.25) is 0 Å². The first kappa shape index (κ1) is 14.9. The van der Waals surface area contributed by atoms with Crippen molar-refractivity contribution in [3.63, 3.8) is 0 Å². The molecule has 2 nitrogen and oxygen atoms in total. The molecule has 2 aromatic carbocycles. The second-order valence-electron chi connectivity index (χ2n) is 5.67. The van der Waals surface area contributed by atoms with E-state index in [1.165, 1.54) is 12.1 Å². The third-order valence-corrected chi connectivity index (χ3v) is 4.54. The lowest BCUT2D eigenvalue weighted by Crippen LogP contribution is -2.37. The molecule has 0 atom stereocenters. The summed E-state index contributed by atoms with van der Waals surface area (Å²) < 4.78 is 13.5. The number of ketones is 1. The number of benzene rings is 2. The van der Waals surface area contributed by atoms with E-state index in [1.807, 2.05) is 32.0 Å². The van der Waals surface area contributed by atoms with Gasteiger partial charge in [-0.05, 0) is 32.0 Å². The molecule has 0 saturated carbocycles. The van der Waals surface area contributed by atoms with Crippen molar-refractivity contribution in [2.45, 2.75) is 23.6 Å². The van der Waals surface area contributed by atoms with Crippen LogP contribution in [-0.2, 0) is 0 Å². The van der Waals surface area contributed by atoms with Crippen molar-refractivity contribution >= 4 is 23.2 Å². The molecule has 0 spiro atoms. The summed E-state index contributed by atoms with van der Waals surface area (Å²) >= 11 is 1.55. The molecular formula is C18H16FNOS. The minimum atomic E-state index is -0.302. The lowest BCUT2D eigenvalue weighted by Gasteiger charge is -2.34. The van der Waals surface area contributed by atoms with Crippen molar-refractivity contribution < 1.29 is 9.18 Å². The van der Waals surface area contributed by atoms with Crippen molar-refractivity contribution in [3.05, 3.63) is 71.6 Å². The zero-order chi connectivity index (χ0) is 15.7. The Hall–Kier alpha value is -2.07. The maximum absolute atomic E-state index is 13.5. The minimum Gasteiger partial charge on any atom is -0.370 e. The van der Waals surface area contributed by atoms with Gasteiger partial charge in [0.1, 0.15) is 5.82 Å². The summed E-state index contributed by atoms with van der Waals surface area (Å²) in [4.78, 5) is 12.9. The molecule has 22 heavy (non-hydrogen) atoms. The molecule has 1 aliphatic heterocycles. The van der Waals surface area contributed by atoms with E-state index in [-0.39, 0.29) is 16.5 Å². The summed E-state index contributed by atoms with van der Waals surface area (Å²) in [7, 11) is 0. The number of carbonyl (C=O) groups is 1. The van der Waals surface area contributed by atoms with Crippen molar-refractivity contribution in [1.29, 1.82) is 0 Å². The summed E-state index contributed by atoms with van der Waals surface area (Å²) in [6.07, 6.45) is 1.59. The summed E-state index contributed by atoms with van der Waals surface area (Å²) in [6.45, 7) is 4.01. The number of hydrogen-bond donors (Lipinski definition) is 1. The standard InChI is InChI=1S/C18H16FNOS/c1-18(2)20-15(11-16(21)12-6-4-3-5-7-12)14-9-8-13(19)10-17(14)22-18/h3-11,20H,1-2H3/b15-11-. The van der Waals surface area contributed by atoms with Gasteiger partial charge >= 0.3 is 0 Å². The molecule has 0 amide bonds. The lowest BCUT2D eigenvalue weighted by atomic mass is 10.1. The molecule has 1 N–H and O–H groups in total. The van der Waals surface area contributed by atoms with E-state index < -0.39 is 0 Å². The van der Waals surface area contributed by atoms with Crippen LogP contribution in [0.1, 0.15) is 29.8 Å². The Morgan fingerprint density at radius 1 is 1.18 bits per heavy atom. The van der Waals surface area contributed by atoms with Gasteiger partial charge < -0.3 is 5.32 Å². The summed E-state index contributed by atoms with van der Waals surface area (Å²) in [5.74, 6) is -0.334. The van der Waals surface area contributed by atoms with Crippen LogP contribution in [-0.4, -0.2) is 10.7 Å². The highest BCUT2D eigenvalue weighted by Crippen LogP contribution is 2.41. The van der Waals surface area contributed by atoms with Gasteiger partial charge in [0, 0.05) is 27.8 Å². The molecule has 4 heteroatoms. The van der Waals surface area contributed by atoms with Gasteiger partial charge in [-0.2, -0.15) is 0 Å². The van der Waals surface area contributed by atoms with E-state index in [1.54, 1.807) is 36.0 Å². The minimum absolute atomic E-state index is 0.0684. The summed E-state index contributed by atoms with van der Waals surface area (Å²) in [5, 5.41) is 3.35. The van der Waals surface area contributed by atoms with Crippen LogP contribution in [0.3, 0.4) is 0 Å². The van der Waals surface area contributed by atoms with Gasteiger partial charge in [0.25, 0.3) is 0 Å². The van der Waals surface area contributed by atoms with Gasteiger partial charge in [-0.3, -0.25) is 4.79 Å². The SMILES string of the molecule is CC1(C)N/C(=C\C(=O)c2ccccc2)c2ccc(F)cc2S1. The first-order valence-electron chi connectivity index (χ1n) is 7.03. The van der Waals surface area contributed by atoms with Crippen LogP contribution in [0.4, 0.5) is 4.39 Å². The van der Waals surface area contributed by atoms with Gasteiger partial charge in [-0.1, -0.05) is 42.1 Å². The maximum Gasteiger partial charge on any atom is 0.187 e. The predicted octanol–water partition coefficient (Wildman–Crippen LogP) is 4.48. The maximum atomic E-state index is 13.5. The third-order valence-electron chi connectivity index (χ3n) is 3.37. The second-order valence-corrected chi connectivity index (χ2v) is 7.33. The van der Waals surface area contributed by atoms with Crippen LogP contribution in [0.2, 0.25) is 0 Å². The molecule has 2 aromatic rings. The quantitative estimate of drug-likeness (QED) is 0.654. The molecular weight excluding hydrogens is 297 g/mol. The van der Waals surface area contributed by atoms with E-state index in [0.29, 0.717) is 5.56 Å². The molecule has 0 bridgehead atoms. The Bertz CT molecular complexity index is 753. The molecule has 0 fully saturated rings. The third kappa shape index (κ3) is 3.07. The van der Waals surface area contributed by atoms with Gasteiger partial charge in [0.05, 0.1) is 4.87 Å². The highest BCUT2D eigenvalue weighted by atomic mass is 32.2. The van der Waals surface area contributed by atoms with Crippen LogP contribution < -0.4 is 5.32 Å². The Kier molecular flexibility index (Phi) is 3.79. The monoisotopic (exact) mass is 313 g/mol. The highest BCUT2D eigenvalue weighted by Gasteiger charge is 2.29. The average molecular weight is 313 g/mol. The number of rotatable bonds is 2.